The normalized spacial score (nSPS) is 25.9. The van der Waals surface area contributed by atoms with Crippen LogP contribution < -0.4 is 15.8 Å². The molecule has 146 valence electrons. The second-order valence-electron chi connectivity index (χ2n) is 7.60. The number of primary amides is 1. The van der Waals surface area contributed by atoms with Crippen LogP contribution in [-0.4, -0.2) is 41.9 Å². The van der Waals surface area contributed by atoms with E-state index in [1.807, 2.05) is 0 Å². The molecule has 0 unspecified atom stereocenters. The Morgan fingerprint density at radius 3 is 2.39 bits per heavy atom. The number of ether oxygens (including phenoxy) is 1. The van der Waals surface area contributed by atoms with Crippen molar-refractivity contribution in [3.05, 3.63) is 59.7 Å². The summed E-state index contributed by atoms with van der Waals surface area (Å²) in [6.07, 6.45) is 2.31. The van der Waals surface area contributed by atoms with Crippen LogP contribution in [0.15, 0.2) is 48.5 Å². The number of fused-ring (bicyclic) bond motifs is 3. The lowest BCUT2D eigenvalue weighted by Gasteiger charge is -2.49. The fourth-order valence-corrected chi connectivity index (χ4v) is 4.34. The predicted octanol–water partition coefficient (Wildman–Crippen LogP) is 2.79. The standard InChI is InChI=1S/C22H25N3O3/c1-14-20(15-10-12-25(14)13-11-15)24-22(27)16-6-8-17(9-7-16)28-19-5-3-2-4-18(19)21(23)26/h2-9,14-15,20H,10-13H2,1H3,(H2,23,26)(H,24,27)/t14-,20+/m1/s1. The maximum absolute atomic E-state index is 12.7. The fraction of sp³-hybridized carbons (Fsp3) is 0.364. The van der Waals surface area contributed by atoms with E-state index in [0.717, 1.165) is 25.9 Å². The quantitative estimate of drug-likeness (QED) is 0.837. The summed E-state index contributed by atoms with van der Waals surface area (Å²) in [7, 11) is 0. The molecule has 6 heteroatoms. The van der Waals surface area contributed by atoms with Gasteiger partial charge in [0, 0.05) is 17.6 Å². The molecule has 0 spiro atoms. The molecule has 3 aliphatic rings. The van der Waals surface area contributed by atoms with Crippen LogP contribution in [0.1, 0.15) is 40.5 Å². The second-order valence-corrected chi connectivity index (χ2v) is 7.60. The van der Waals surface area contributed by atoms with Crippen molar-refractivity contribution in [2.45, 2.75) is 31.8 Å². The number of carbonyl (C=O) groups is 2. The van der Waals surface area contributed by atoms with E-state index in [0.29, 0.717) is 34.6 Å². The van der Waals surface area contributed by atoms with Gasteiger partial charge in [-0.25, -0.2) is 0 Å². The Kier molecular flexibility index (Phi) is 5.05. The molecule has 2 atom stereocenters. The van der Waals surface area contributed by atoms with E-state index < -0.39 is 5.91 Å². The zero-order valence-corrected chi connectivity index (χ0v) is 15.9. The lowest BCUT2D eigenvalue weighted by atomic mass is 9.79. The van der Waals surface area contributed by atoms with Crippen LogP contribution in [0.3, 0.4) is 0 Å². The molecule has 0 radical (unpaired) electrons. The van der Waals surface area contributed by atoms with Gasteiger partial charge in [-0.1, -0.05) is 12.1 Å². The minimum Gasteiger partial charge on any atom is -0.457 e. The highest BCUT2D eigenvalue weighted by Crippen LogP contribution is 2.32. The smallest absolute Gasteiger partial charge is 0.252 e. The number of hydrogen-bond acceptors (Lipinski definition) is 4. The average Bonchev–Trinajstić information content (AvgIpc) is 2.71. The van der Waals surface area contributed by atoms with Crippen molar-refractivity contribution >= 4 is 11.8 Å². The molecule has 3 fully saturated rings. The Morgan fingerprint density at radius 1 is 1.07 bits per heavy atom. The highest BCUT2D eigenvalue weighted by Gasteiger charge is 2.40. The van der Waals surface area contributed by atoms with Crippen molar-refractivity contribution in [3.8, 4) is 11.5 Å². The summed E-state index contributed by atoms with van der Waals surface area (Å²) >= 11 is 0. The molecule has 28 heavy (non-hydrogen) atoms. The Bertz CT molecular complexity index is 871. The highest BCUT2D eigenvalue weighted by molar-refractivity contribution is 5.96. The molecular formula is C22H25N3O3. The van der Waals surface area contributed by atoms with Gasteiger partial charge < -0.3 is 15.8 Å². The van der Waals surface area contributed by atoms with Crippen LogP contribution in [0.5, 0.6) is 11.5 Å². The van der Waals surface area contributed by atoms with Crippen molar-refractivity contribution in [1.29, 1.82) is 0 Å². The van der Waals surface area contributed by atoms with Crippen LogP contribution in [0, 0.1) is 5.92 Å². The van der Waals surface area contributed by atoms with E-state index in [9.17, 15) is 9.59 Å². The first kappa shape index (κ1) is 18.5. The Morgan fingerprint density at radius 2 is 1.75 bits per heavy atom. The molecule has 2 amide bonds. The number of benzene rings is 2. The molecule has 3 aliphatic heterocycles. The first-order chi connectivity index (χ1) is 13.5. The third-order valence-electron chi connectivity index (χ3n) is 5.97. The van der Waals surface area contributed by atoms with Gasteiger partial charge in [0.1, 0.15) is 11.5 Å². The number of nitrogens with one attached hydrogen (secondary N) is 1. The lowest BCUT2D eigenvalue weighted by molar-refractivity contribution is 0.0217. The van der Waals surface area contributed by atoms with E-state index in [1.54, 1.807) is 48.5 Å². The van der Waals surface area contributed by atoms with E-state index in [4.69, 9.17) is 10.5 Å². The summed E-state index contributed by atoms with van der Waals surface area (Å²) in [5.41, 5.74) is 6.30. The van der Waals surface area contributed by atoms with E-state index >= 15 is 0 Å². The Balaban J connectivity index is 1.43. The maximum atomic E-state index is 12.7. The molecule has 0 aliphatic carbocycles. The summed E-state index contributed by atoms with van der Waals surface area (Å²) in [6.45, 7) is 4.47. The van der Waals surface area contributed by atoms with Gasteiger partial charge >= 0.3 is 0 Å². The first-order valence-corrected chi connectivity index (χ1v) is 9.74. The predicted molar refractivity (Wildman–Crippen MR) is 106 cm³/mol. The number of nitrogens with two attached hydrogens (primary N) is 1. The number of hydrogen-bond donors (Lipinski definition) is 2. The van der Waals surface area contributed by atoms with Gasteiger partial charge in [-0.15, -0.1) is 0 Å². The molecule has 3 N–H and O–H groups in total. The zero-order chi connectivity index (χ0) is 19.7. The summed E-state index contributed by atoms with van der Waals surface area (Å²) in [4.78, 5) is 26.7. The van der Waals surface area contributed by atoms with Crippen LogP contribution in [0.4, 0.5) is 0 Å². The molecule has 3 saturated heterocycles. The van der Waals surface area contributed by atoms with Gasteiger partial charge in [0.25, 0.3) is 11.8 Å². The highest BCUT2D eigenvalue weighted by atomic mass is 16.5. The topological polar surface area (TPSA) is 84.7 Å². The summed E-state index contributed by atoms with van der Waals surface area (Å²) in [6, 6.07) is 14.3. The molecule has 2 bridgehead atoms. The molecule has 2 aromatic carbocycles. The lowest BCUT2D eigenvalue weighted by Crippen LogP contribution is -2.62. The van der Waals surface area contributed by atoms with Crippen LogP contribution >= 0.6 is 0 Å². The number of carbonyl (C=O) groups excluding carboxylic acids is 2. The monoisotopic (exact) mass is 379 g/mol. The van der Waals surface area contributed by atoms with Crippen LogP contribution in [0.2, 0.25) is 0 Å². The molecule has 2 aromatic rings. The van der Waals surface area contributed by atoms with Crippen molar-refractivity contribution in [1.82, 2.24) is 10.2 Å². The van der Waals surface area contributed by atoms with Gasteiger partial charge in [0.2, 0.25) is 0 Å². The molecular weight excluding hydrogens is 354 g/mol. The largest absolute Gasteiger partial charge is 0.457 e. The Labute approximate surface area is 164 Å². The van der Waals surface area contributed by atoms with Crippen molar-refractivity contribution < 1.29 is 14.3 Å². The van der Waals surface area contributed by atoms with Gasteiger partial charge in [-0.2, -0.15) is 0 Å². The van der Waals surface area contributed by atoms with E-state index in [-0.39, 0.29) is 11.9 Å². The zero-order valence-electron chi connectivity index (χ0n) is 15.9. The van der Waals surface area contributed by atoms with Crippen LogP contribution in [0.25, 0.3) is 0 Å². The SMILES string of the molecule is C[C@@H]1[C@H](NC(=O)c2ccc(Oc3ccccc3C(N)=O)cc2)C2CCN1CC2. The average molecular weight is 379 g/mol. The van der Waals surface area contributed by atoms with Gasteiger partial charge in [0.05, 0.1) is 5.56 Å². The van der Waals surface area contributed by atoms with E-state index in [1.165, 1.54) is 0 Å². The second kappa shape index (κ2) is 7.64. The molecule has 0 aromatic heterocycles. The third-order valence-corrected chi connectivity index (χ3v) is 5.97. The first-order valence-electron chi connectivity index (χ1n) is 9.74. The molecule has 6 nitrogen and oxygen atoms in total. The van der Waals surface area contributed by atoms with Crippen molar-refractivity contribution in [2.24, 2.45) is 11.7 Å². The molecule has 5 rings (SSSR count). The summed E-state index contributed by atoms with van der Waals surface area (Å²) in [5, 5.41) is 3.23. The number of rotatable bonds is 5. The summed E-state index contributed by atoms with van der Waals surface area (Å²) < 4.78 is 5.77. The maximum Gasteiger partial charge on any atom is 0.252 e. The van der Waals surface area contributed by atoms with Gasteiger partial charge in [-0.05, 0) is 75.2 Å². The fourth-order valence-electron chi connectivity index (χ4n) is 4.34. The van der Waals surface area contributed by atoms with Gasteiger partial charge in [-0.3, -0.25) is 14.5 Å². The van der Waals surface area contributed by atoms with Crippen molar-refractivity contribution in [3.63, 3.8) is 0 Å². The molecule has 0 saturated carbocycles. The van der Waals surface area contributed by atoms with E-state index in [2.05, 4.69) is 17.1 Å². The van der Waals surface area contributed by atoms with Gasteiger partial charge in [0.15, 0.2) is 0 Å². The minimum absolute atomic E-state index is 0.0605. The minimum atomic E-state index is -0.543. The Hall–Kier alpha value is -2.86. The van der Waals surface area contributed by atoms with Crippen LogP contribution in [-0.2, 0) is 0 Å². The number of para-hydroxylation sites is 1. The van der Waals surface area contributed by atoms with Crippen molar-refractivity contribution in [2.75, 3.05) is 13.1 Å². The number of amides is 2. The number of piperidine rings is 3. The number of nitrogens with zero attached hydrogens (tertiary/aromatic N) is 1. The molecule has 3 heterocycles. The summed E-state index contributed by atoms with van der Waals surface area (Å²) in [5.74, 6) is 0.902. The third kappa shape index (κ3) is 3.60.